The van der Waals surface area contributed by atoms with Gasteiger partial charge in [-0.2, -0.15) is 0 Å². The van der Waals surface area contributed by atoms with E-state index in [4.69, 9.17) is 11.6 Å². The summed E-state index contributed by atoms with van der Waals surface area (Å²) in [5, 5.41) is 2.14. The highest BCUT2D eigenvalue weighted by molar-refractivity contribution is 6.34. The number of urea groups is 1. The molecule has 0 spiro atoms. The van der Waals surface area contributed by atoms with E-state index in [0.29, 0.717) is 0 Å². The maximum Gasteiger partial charge on any atom is 0.329 e. The van der Waals surface area contributed by atoms with E-state index in [2.05, 4.69) is 0 Å². The normalized spacial score (nSPS) is 15.7. The van der Waals surface area contributed by atoms with Gasteiger partial charge < -0.3 is 0 Å². The number of imide groups is 1. The number of halogens is 2. The van der Waals surface area contributed by atoms with Crippen LogP contribution < -0.4 is 10.2 Å². The molecular formula is C9H6ClFN2O2. The molecule has 1 aliphatic rings. The van der Waals surface area contributed by atoms with Gasteiger partial charge in [-0.15, -0.1) is 0 Å². The lowest BCUT2D eigenvalue weighted by Crippen LogP contribution is -2.28. The van der Waals surface area contributed by atoms with Crippen LogP contribution in [0.2, 0.25) is 5.02 Å². The number of rotatable bonds is 1. The quantitative estimate of drug-likeness (QED) is 0.742. The van der Waals surface area contributed by atoms with Crippen LogP contribution in [0.25, 0.3) is 0 Å². The van der Waals surface area contributed by atoms with Crippen molar-refractivity contribution in [2.75, 3.05) is 11.4 Å². The number of para-hydroxylation sites is 1. The fourth-order valence-corrected chi connectivity index (χ4v) is 1.63. The van der Waals surface area contributed by atoms with Gasteiger partial charge in [0.25, 0.3) is 0 Å². The van der Waals surface area contributed by atoms with Gasteiger partial charge in [0, 0.05) is 0 Å². The molecule has 0 radical (unpaired) electrons. The Morgan fingerprint density at radius 2 is 2.13 bits per heavy atom. The molecular weight excluding hydrogens is 223 g/mol. The molecule has 4 nitrogen and oxygen atoms in total. The summed E-state index contributed by atoms with van der Waals surface area (Å²) >= 11 is 5.75. The molecule has 6 heteroatoms. The van der Waals surface area contributed by atoms with Gasteiger partial charge in [-0.3, -0.25) is 15.0 Å². The summed E-state index contributed by atoms with van der Waals surface area (Å²) < 4.78 is 13.4. The van der Waals surface area contributed by atoms with Gasteiger partial charge in [0.15, 0.2) is 0 Å². The number of hydrogen-bond donors (Lipinski definition) is 1. The molecule has 1 aromatic rings. The topological polar surface area (TPSA) is 49.4 Å². The van der Waals surface area contributed by atoms with Crippen molar-refractivity contribution in [3.63, 3.8) is 0 Å². The second kappa shape index (κ2) is 3.51. The van der Waals surface area contributed by atoms with Crippen LogP contribution in [0.4, 0.5) is 14.9 Å². The molecule has 1 aliphatic heterocycles. The lowest BCUT2D eigenvalue weighted by atomic mass is 10.3. The van der Waals surface area contributed by atoms with Crippen molar-refractivity contribution >= 4 is 29.2 Å². The van der Waals surface area contributed by atoms with Crippen molar-refractivity contribution in [2.24, 2.45) is 0 Å². The highest BCUT2D eigenvalue weighted by Crippen LogP contribution is 2.29. The predicted molar refractivity (Wildman–Crippen MR) is 52.3 cm³/mol. The van der Waals surface area contributed by atoms with Crippen LogP contribution >= 0.6 is 11.6 Å². The summed E-state index contributed by atoms with van der Waals surface area (Å²) in [6.45, 7) is -0.209. The van der Waals surface area contributed by atoms with E-state index in [-0.39, 0.29) is 17.3 Å². The average molecular weight is 229 g/mol. The molecule has 0 unspecified atom stereocenters. The highest BCUT2D eigenvalue weighted by atomic mass is 35.5. The summed E-state index contributed by atoms with van der Waals surface area (Å²) in [5.74, 6) is -1.10. The van der Waals surface area contributed by atoms with E-state index < -0.39 is 17.8 Å². The van der Waals surface area contributed by atoms with E-state index in [9.17, 15) is 14.0 Å². The Morgan fingerprint density at radius 3 is 2.67 bits per heavy atom. The Morgan fingerprint density at radius 1 is 1.40 bits per heavy atom. The smallest absolute Gasteiger partial charge is 0.280 e. The monoisotopic (exact) mass is 228 g/mol. The van der Waals surface area contributed by atoms with Crippen LogP contribution in [0.3, 0.4) is 0 Å². The number of nitrogens with zero attached hydrogens (tertiary/aromatic N) is 1. The summed E-state index contributed by atoms with van der Waals surface area (Å²) in [6.07, 6.45) is 0. The largest absolute Gasteiger partial charge is 0.329 e. The lowest BCUT2D eigenvalue weighted by molar-refractivity contribution is -0.117. The van der Waals surface area contributed by atoms with E-state index in [0.717, 1.165) is 4.90 Å². The molecule has 1 heterocycles. The third-order valence-electron chi connectivity index (χ3n) is 2.00. The van der Waals surface area contributed by atoms with Gasteiger partial charge >= 0.3 is 6.03 Å². The van der Waals surface area contributed by atoms with Crippen LogP contribution in [0.15, 0.2) is 18.2 Å². The highest BCUT2D eigenvalue weighted by Gasteiger charge is 2.31. The number of carbonyl (C=O) groups is 2. The molecule has 0 bridgehead atoms. The fourth-order valence-electron chi connectivity index (χ4n) is 1.37. The molecule has 15 heavy (non-hydrogen) atoms. The van der Waals surface area contributed by atoms with E-state index in [1.807, 2.05) is 5.32 Å². The van der Waals surface area contributed by atoms with Crippen molar-refractivity contribution in [1.29, 1.82) is 0 Å². The zero-order valence-corrected chi connectivity index (χ0v) is 8.21. The molecule has 0 atom stereocenters. The number of hydrogen-bond acceptors (Lipinski definition) is 2. The van der Waals surface area contributed by atoms with Gasteiger partial charge in [0.1, 0.15) is 18.0 Å². The summed E-state index contributed by atoms with van der Waals surface area (Å²) in [6, 6.07) is 3.40. The first kappa shape index (κ1) is 9.92. The van der Waals surface area contributed by atoms with E-state index >= 15 is 0 Å². The molecule has 1 aromatic carbocycles. The molecule has 1 fully saturated rings. The minimum Gasteiger partial charge on any atom is -0.280 e. The van der Waals surface area contributed by atoms with E-state index in [1.165, 1.54) is 18.2 Å². The standard InChI is InChI=1S/C9H6ClFN2O2/c10-5-2-1-3-6(11)8(5)13-4-7(14)12-9(13)15/h1-3H,4H2,(H,12,14,15). The maximum atomic E-state index is 13.4. The molecule has 78 valence electrons. The molecule has 2 rings (SSSR count). The molecule has 1 saturated heterocycles. The third-order valence-corrected chi connectivity index (χ3v) is 2.31. The predicted octanol–water partition coefficient (Wildman–Crippen LogP) is 1.54. The van der Waals surface area contributed by atoms with Crippen LogP contribution in [0.1, 0.15) is 0 Å². The first-order valence-electron chi connectivity index (χ1n) is 4.15. The van der Waals surface area contributed by atoms with Gasteiger partial charge in [-0.25, -0.2) is 9.18 Å². The van der Waals surface area contributed by atoms with Gasteiger partial charge in [0.2, 0.25) is 5.91 Å². The van der Waals surface area contributed by atoms with Gasteiger partial charge in [-0.1, -0.05) is 17.7 Å². The third kappa shape index (κ3) is 1.66. The lowest BCUT2D eigenvalue weighted by Gasteiger charge is -2.15. The Hall–Kier alpha value is -1.62. The summed E-state index contributed by atoms with van der Waals surface area (Å²) in [7, 11) is 0. The summed E-state index contributed by atoms with van der Waals surface area (Å²) in [5.41, 5.74) is -0.0671. The van der Waals surface area contributed by atoms with E-state index in [1.54, 1.807) is 0 Å². The molecule has 0 aromatic heterocycles. The minimum atomic E-state index is -0.660. The second-order valence-corrected chi connectivity index (χ2v) is 3.42. The molecule has 0 aliphatic carbocycles. The summed E-state index contributed by atoms with van der Waals surface area (Å²) in [4.78, 5) is 23.2. The Kier molecular flexibility index (Phi) is 2.32. The van der Waals surface area contributed by atoms with Crippen molar-refractivity contribution in [2.45, 2.75) is 0 Å². The fraction of sp³-hybridized carbons (Fsp3) is 0.111. The van der Waals surface area contributed by atoms with Crippen LogP contribution in [-0.2, 0) is 4.79 Å². The van der Waals surface area contributed by atoms with Crippen LogP contribution in [-0.4, -0.2) is 18.5 Å². The zero-order valence-electron chi connectivity index (χ0n) is 7.46. The van der Waals surface area contributed by atoms with Crippen molar-refractivity contribution in [3.05, 3.63) is 29.0 Å². The van der Waals surface area contributed by atoms with Gasteiger partial charge in [-0.05, 0) is 12.1 Å². The van der Waals surface area contributed by atoms with Crippen molar-refractivity contribution < 1.29 is 14.0 Å². The number of anilines is 1. The first-order chi connectivity index (χ1) is 7.09. The van der Waals surface area contributed by atoms with Crippen LogP contribution in [0.5, 0.6) is 0 Å². The Labute approximate surface area is 89.6 Å². The SMILES string of the molecule is O=C1CN(c2c(F)cccc2Cl)C(=O)N1. The Bertz CT molecular complexity index is 429. The number of carbonyl (C=O) groups excluding carboxylic acids is 2. The zero-order chi connectivity index (χ0) is 11.0. The number of amides is 3. The molecule has 1 N–H and O–H groups in total. The molecule has 3 amide bonds. The first-order valence-corrected chi connectivity index (χ1v) is 4.53. The maximum absolute atomic E-state index is 13.4. The number of benzene rings is 1. The van der Waals surface area contributed by atoms with Crippen molar-refractivity contribution in [1.82, 2.24) is 5.32 Å². The van der Waals surface area contributed by atoms with Gasteiger partial charge in [0.05, 0.1) is 5.02 Å². The van der Waals surface area contributed by atoms with Crippen molar-refractivity contribution in [3.8, 4) is 0 Å². The second-order valence-electron chi connectivity index (χ2n) is 3.01. The average Bonchev–Trinajstić information content (AvgIpc) is 2.45. The Balaban J connectivity index is 2.46. The number of nitrogens with one attached hydrogen (secondary N) is 1. The minimum absolute atomic E-state index is 0.0671. The molecule has 0 saturated carbocycles. The van der Waals surface area contributed by atoms with Crippen LogP contribution in [0, 0.1) is 5.82 Å².